The maximum atomic E-state index is 12.9. The van der Waals surface area contributed by atoms with Crippen molar-refractivity contribution in [1.82, 2.24) is 9.80 Å². The molecule has 0 radical (unpaired) electrons. The molecule has 2 aliphatic rings. The quantitative estimate of drug-likeness (QED) is 0.912. The third kappa shape index (κ3) is 3.31. The first kappa shape index (κ1) is 17.0. The van der Waals surface area contributed by atoms with E-state index in [1.54, 1.807) is 9.80 Å². The molecule has 24 heavy (non-hydrogen) atoms. The molecule has 5 heteroatoms. The monoisotopic (exact) mass is 330 g/mol. The topological polar surface area (TPSA) is 60.9 Å². The standard InChI is InChI=1S/C19H26N2O3/c1-19(2)13-20(12-16(19)22)18(24)15-9-6-10-21(15)17(23)11-14-7-4-3-5-8-14/h3-5,7-8,15-16,22H,6,9-13H2,1-2H3. The second kappa shape index (κ2) is 6.55. The summed E-state index contributed by atoms with van der Waals surface area (Å²) in [6.07, 6.45) is 1.40. The number of aliphatic hydroxyl groups excluding tert-OH is 1. The molecule has 2 heterocycles. The van der Waals surface area contributed by atoms with E-state index in [9.17, 15) is 14.7 Å². The number of nitrogens with zero attached hydrogens (tertiary/aromatic N) is 2. The third-order valence-corrected chi connectivity index (χ3v) is 5.26. The molecule has 1 aromatic rings. The summed E-state index contributed by atoms with van der Waals surface area (Å²) < 4.78 is 0. The summed E-state index contributed by atoms with van der Waals surface area (Å²) in [5, 5.41) is 10.1. The van der Waals surface area contributed by atoms with Gasteiger partial charge >= 0.3 is 0 Å². The van der Waals surface area contributed by atoms with Gasteiger partial charge in [0.2, 0.25) is 11.8 Å². The summed E-state index contributed by atoms with van der Waals surface area (Å²) in [7, 11) is 0. The minimum atomic E-state index is -0.503. The fraction of sp³-hybridized carbons (Fsp3) is 0.579. The second-order valence-corrected chi connectivity index (χ2v) is 7.63. The number of likely N-dealkylation sites (tertiary alicyclic amines) is 2. The van der Waals surface area contributed by atoms with Crippen molar-refractivity contribution >= 4 is 11.8 Å². The van der Waals surface area contributed by atoms with Crippen LogP contribution in [0.15, 0.2) is 30.3 Å². The van der Waals surface area contributed by atoms with Gasteiger partial charge in [-0.3, -0.25) is 9.59 Å². The lowest BCUT2D eigenvalue weighted by molar-refractivity contribution is -0.143. The van der Waals surface area contributed by atoms with Crippen LogP contribution in [0.5, 0.6) is 0 Å². The van der Waals surface area contributed by atoms with Crippen LogP contribution < -0.4 is 0 Å². The van der Waals surface area contributed by atoms with Gasteiger partial charge in [0.05, 0.1) is 12.5 Å². The summed E-state index contributed by atoms with van der Waals surface area (Å²) in [5.74, 6) is -0.00501. The van der Waals surface area contributed by atoms with Crippen molar-refractivity contribution in [2.45, 2.75) is 45.3 Å². The fourth-order valence-corrected chi connectivity index (χ4v) is 3.69. The average Bonchev–Trinajstić information content (AvgIpc) is 3.13. The van der Waals surface area contributed by atoms with E-state index in [1.807, 2.05) is 44.2 Å². The predicted octanol–water partition coefficient (Wildman–Crippen LogP) is 1.45. The number of amides is 2. The molecule has 1 aromatic carbocycles. The van der Waals surface area contributed by atoms with E-state index in [-0.39, 0.29) is 23.3 Å². The lowest BCUT2D eigenvalue weighted by atomic mass is 9.90. The van der Waals surface area contributed by atoms with Crippen LogP contribution in [-0.4, -0.2) is 58.5 Å². The van der Waals surface area contributed by atoms with Gasteiger partial charge < -0.3 is 14.9 Å². The highest BCUT2D eigenvalue weighted by Crippen LogP contribution is 2.31. The van der Waals surface area contributed by atoms with Crippen LogP contribution >= 0.6 is 0 Å². The van der Waals surface area contributed by atoms with Crippen molar-refractivity contribution in [2.24, 2.45) is 5.41 Å². The van der Waals surface area contributed by atoms with Crippen molar-refractivity contribution in [3.63, 3.8) is 0 Å². The number of carbonyl (C=O) groups is 2. The summed E-state index contributed by atoms with van der Waals surface area (Å²) in [6, 6.07) is 9.26. The predicted molar refractivity (Wildman–Crippen MR) is 91.2 cm³/mol. The Morgan fingerprint density at radius 1 is 1.25 bits per heavy atom. The van der Waals surface area contributed by atoms with Crippen LogP contribution in [0.25, 0.3) is 0 Å². The minimum absolute atomic E-state index is 0.0102. The Morgan fingerprint density at radius 2 is 1.96 bits per heavy atom. The summed E-state index contributed by atoms with van der Waals surface area (Å²) in [4.78, 5) is 29.0. The van der Waals surface area contributed by atoms with E-state index in [2.05, 4.69) is 0 Å². The smallest absolute Gasteiger partial charge is 0.245 e. The molecule has 2 atom stereocenters. The van der Waals surface area contributed by atoms with Crippen LogP contribution in [-0.2, 0) is 16.0 Å². The molecule has 0 spiro atoms. The van der Waals surface area contributed by atoms with Crippen molar-refractivity contribution in [3.05, 3.63) is 35.9 Å². The highest BCUT2D eigenvalue weighted by Gasteiger charge is 2.44. The molecule has 1 N–H and O–H groups in total. The summed E-state index contributed by atoms with van der Waals surface area (Å²) in [5.41, 5.74) is 0.686. The van der Waals surface area contributed by atoms with E-state index in [0.29, 0.717) is 32.5 Å². The lowest BCUT2D eigenvalue weighted by Gasteiger charge is -2.28. The average molecular weight is 330 g/mol. The number of carbonyl (C=O) groups excluding carboxylic acids is 2. The van der Waals surface area contributed by atoms with Crippen LogP contribution in [0.4, 0.5) is 0 Å². The number of β-amino-alcohol motifs (C(OH)–C–C–N with tert-alkyl or cyclic N) is 1. The van der Waals surface area contributed by atoms with Crippen molar-refractivity contribution < 1.29 is 14.7 Å². The first-order chi connectivity index (χ1) is 11.4. The summed E-state index contributed by atoms with van der Waals surface area (Å²) >= 11 is 0. The minimum Gasteiger partial charge on any atom is -0.391 e. The normalized spacial score (nSPS) is 26.0. The molecular formula is C19H26N2O3. The van der Waals surface area contributed by atoms with Crippen molar-refractivity contribution in [3.8, 4) is 0 Å². The highest BCUT2D eigenvalue weighted by atomic mass is 16.3. The zero-order valence-corrected chi connectivity index (χ0v) is 14.4. The molecule has 0 bridgehead atoms. The number of aliphatic hydroxyl groups is 1. The van der Waals surface area contributed by atoms with Crippen LogP contribution in [0.2, 0.25) is 0 Å². The Morgan fingerprint density at radius 3 is 2.58 bits per heavy atom. The molecule has 2 aliphatic heterocycles. The number of rotatable bonds is 3. The maximum Gasteiger partial charge on any atom is 0.245 e. The van der Waals surface area contributed by atoms with E-state index in [1.165, 1.54) is 0 Å². The molecule has 2 saturated heterocycles. The molecule has 2 fully saturated rings. The Bertz CT molecular complexity index is 614. The fourth-order valence-electron chi connectivity index (χ4n) is 3.69. The van der Waals surface area contributed by atoms with Gasteiger partial charge in [0.15, 0.2) is 0 Å². The van der Waals surface area contributed by atoms with Crippen LogP contribution in [0, 0.1) is 5.41 Å². The largest absolute Gasteiger partial charge is 0.391 e. The van der Waals surface area contributed by atoms with Crippen LogP contribution in [0.3, 0.4) is 0 Å². The first-order valence-corrected chi connectivity index (χ1v) is 8.69. The van der Waals surface area contributed by atoms with Gasteiger partial charge in [-0.1, -0.05) is 44.2 Å². The Balaban J connectivity index is 1.67. The number of hydrogen-bond donors (Lipinski definition) is 1. The Hall–Kier alpha value is -1.88. The van der Waals surface area contributed by atoms with E-state index in [4.69, 9.17) is 0 Å². The lowest BCUT2D eigenvalue weighted by Crippen LogP contribution is -2.48. The van der Waals surface area contributed by atoms with Gasteiger partial charge in [-0.15, -0.1) is 0 Å². The molecule has 3 rings (SSSR count). The van der Waals surface area contributed by atoms with Crippen molar-refractivity contribution in [2.75, 3.05) is 19.6 Å². The number of benzene rings is 1. The van der Waals surface area contributed by atoms with Gasteiger partial charge in [-0.25, -0.2) is 0 Å². The van der Waals surface area contributed by atoms with Gasteiger partial charge in [-0.2, -0.15) is 0 Å². The molecule has 130 valence electrons. The molecule has 0 aliphatic carbocycles. The zero-order chi connectivity index (χ0) is 17.3. The second-order valence-electron chi connectivity index (χ2n) is 7.63. The SMILES string of the molecule is CC1(C)CN(C(=O)C2CCCN2C(=O)Cc2ccccc2)CC1O. The summed E-state index contributed by atoms with van der Waals surface area (Å²) in [6.45, 7) is 5.49. The van der Waals surface area contributed by atoms with E-state index < -0.39 is 6.10 Å². The maximum absolute atomic E-state index is 12.9. The van der Waals surface area contributed by atoms with E-state index in [0.717, 1.165) is 12.0 Å². The van der Waals surface area contributed by atoms with Gasteiger partial charge in [0.1, 0.15) is 6.04 Å². The number of hydrogen-bond acceptors (Lipinski definition) is 3. The Kier molecular flexibility index (Phi) is 4.63. The molecule has 2 unspecified atom stereocenters. The van der Waals surface area contributed by atoms with Gasteiger partial charge in [-0.05, 0) is 18.4 Å². The third-order valence-electron chi connectivity index (χ3n) is 5.26. The molecule has 0 saturated carbocycles. The molecule has 0 aromatic heterocycles. The molecule has 2 amide bonds. The zero-order valence-electron chi connectivity index (χ0n) is 14.4. The Labute approximate surface area is 143 Å². The van der Waals surface area contributed by atoms with Crippen LogP contribution in [0.1, 0.15) is 32.3 Å². The molecule has 5 nitrogen and oxygen atoms in total. The van der Waals surface area contributed by atoms with Gasteiger partial charge in [0, 0.05) is 25.0 Å². The van der Waals surface area contributed by atoms with Crippen molar-refractivity contribution in [1.29, 1.82) is 0 Å². The first-order valence-electron chi connectivity index (χ1n) is 8.69. The van der Waals surface area contributed by atoms with Gasteiger partial charge in [0.25, 0.3) is 0 Å². The highest BCUT2D eigenvalue weighted by molar-refractivity contribution is 5.89. The molecular weight excluding hydrogens is 304 g/mol. The van der Waals surface area contributed by atoms with E-state index >= 15 is 0 Å².